The van der Waals surface area contributed by atoms with E-state index in [1.54, 1.807) is 0 Å². The molecule has 64 valence electrons. The summed E-state index contributed by atoms with van der Waals surface area (Å²) < 4.78 is 11.0. The molecule has 0 aromatic carbocycles. The summed E-state index contributed by atoms with van der Waals surface area (Å²) in [5, 5.41) is 8.90. The molecule has 0 bridgehead atoms. The number of rotatable bonds is 1. The maximum Gasteiger partial charge on any atom is 0.168 e. The third-order valence-electron chi connectivity index (χ3n) is 2.60. The van der Waals surface area contributed by atoms with Gasteiger partial charge in [-0.25, -0.2) is 0 Å². The predicted molar refractivity (Wildman–Crippen MR) is 39.1 cm³/mol. The second-order valence-corrected chi connectivity index (χ2v) is 3.40. The van der Waals surface area contributed by atoms with Crippen molar-refractivity contribution in [2.45, 2.75) is 25.0 Å². The van der Waals surface area contributed by atoms with Crippen LogP contribution in [-0.2, 0) is 9.47 Å². The zero-order valence-corrected chi connectivity index (χ0v) is 6.58. The smallest absolute Gasteiger partial charge is 0.168 e. The lowest BCUT2D eigenvalue weighted by atomic mass is 10.1. The van der Waals surface area contributed by atoms with Gasteiger partial charge in [-0.15, -0.1) is 0 Å². The SMILES string of the molecule is OC[C@H]1CCC2(C1)OCCO2. The number of ether oxygens (including phenoxy) is 2. The molecule has 0 radical (unpaired) electrons. The van der Waals surface area contributed by atoms with Gasteiger partial charge in [0.2, 0.25) is 0 Å². The summed E-state index contributed by atoms with van der Waals surface area (Å²) in [5.74, 6) is 0.0982. The molecular weight excluding hydrogens is 144 g/mol. The summed E-state index contributed by atoms with van der Waals surface area (Å²) in [6.07, 6.45) is 2.87. The third kappa shape index (κ3) is 1.28. The van der Waals surface area contributed by atoms with Crippen molar-refractivity contribution in [1.82, 2.24) is 0 Å². The number of hydrogen-bond acceptors (Lipinski definition) is 3. The summed E-state index contributed by atoms with van der Waals surface area (Å²) in [6, 6.07) is 0. The predicted octanol–water partition coefficient (Wildman–Crippen LogP) is 0.522. The maximum absolute atomic E-state index is 8.90. The van der Waals surface area contributed by atoms with Gasteiger partial charge in [-0.1, -0.05) is 0 Å². The van der Waals surface area contributed by atoms with E-state index in [1.807, 2.05) is 0 Å². The van der Waals surface area contributed by atoms with Crippen LogP contribution in [0.4, 0.5) is 0 Å². The van der Waals surface area contributed by atoms with Crippen LogP contribution in [-0.4, -0.2) is 30.7 Å². The van der Waals surface area contributed by atoms with E-state index in [4.69, 9.17) is 14.6 Å². The maximum atomic E-state index is 8.90. The zero-order chi connectivity index (χ0) is 7.73. The first-order valence-electron chi connectivity index (χ1n) is 4.23. The average Bonchev–Trinajstić information content (AvgIpc) is 2.62. The van der Waals surface area contributed by atoms with Crippen molar-refractivity contribution >= 4 is 0 Å². The molecule has 1 saturated carbocycles. The average molecular weight is 158 g/mol. The topological polar surface area (TPSA) is 38.7 Å². The largest absolute Gasteiger partial charge is 0.396 e. The first kappa shape index (κ1) is 7.53. The summed E-state index contributed by atoms with van der Waals surface area (Å²) in [6.45, 7) is 1.71. The monoisotopic (exact) mass is 158 g/mol. The van der Waals surface area contributed by atoms with E-state index in [0.717, 1.165) is 32.5 Å². The second kappa shape index (κ2) is 2.73. The van der Waals surface area contributed by atoms with E-state index >= 15 is 0 Å². The lowest BCUT2D eigenvalue weighted by Crippen LogP contribution is -2.26. The fraction of sp³-hybridized carbons (Fsp3) is 1.00. The number of aliphatic hydroxyl groups is 1. The molecule has 1 spiro atoms. The molecule has 3 nitrogen and oxygen atoms in total. The Morgan fingerprint density at radius 3 is 2.64 bits per heavy atom. The minimum absolute atomic E-state index is 0.272. The van der Waals surface area contributed by atoms with Crippen molar-refractivity contribution in [2.75, 3.05) is 19.8 Å². The van der Waals surface area contributed by atoms with Crippen LogP contribution in [0, 0.1) is 5.92 Å². The summed E-state index contributed by atoms with van der Waals surface area (Å²) in [4.78, 5) is 0. The van der Waals surface area contributed by atoms with Crippen LogP contribution < -0.4 is 0 Å². The van der Waals surface area contributed by atoms with Crippen molar-refractivity contribution in [3.05, 3.63) is 0 Å². The molecule has 1 atom stereocenters. The molecule has 11 heavy (non-hydrogen) atoms. The number of aliphatic hydroxyl groups excluding tert-OH is 1. The van der Waals surface area contributed by atoms with Crippen molar-refractivity contribution in [3.63, 3.8) is 0 Å². The highest BCUT2D eigenvalue weighted by atomic mass is 16.7. The van der Waals surface area contributed by atoms with Crippen LogP contribution in [0.5, 0.6) is 0 Å². The molecule has 1 heterocycles. The van der Waals surface area contributed by atoms with Gasteiger partial charge in [0.05, 0.1) is 13.2 Å². The Hall–Kier alpha value is -0.120. The molecule has 0 amide bonds. The lowest BCUT2D eigenvalue weighted by molar-refractivity contribution is -0.153. The van der Waals surface area contributed by atoms with E-state index in [0.29, 0.717) is 5.92 Å². The van der Waals surface area contributed by atoms with Crippen molar-refractivity contribution in [1.29, 1.82) is 0 Å². The van der Waals surface area contributed by atoms with Gasteiger partial charge in [0, 0.05) is 19.4 Å². The van der Waals surface area contributed by atoms with Gasteiger partial charge in [-0.2, -0.15) is 0 Å². The van der Waals surface area contributed by atoms with Crippen LogP contribution in [0.25, 0.3) is 0 Å². The molecule has 1 N–H and O–H groups in total. The summed E-state index contributed by atoms with van der Waals surface area (Å²) in [7, 11) is 0. The fourth-order valence-corrected chi connectivity index (χ4v) is 1.98. The minimum Gasteiger partial charge on any atom is -0.396 e. The normalized spacial score (nSPS) is 35.2. The summed E-state index contributed by atoms with van der Waals surface area (Å²) >= 11 is 0. The Labute approximate surface area is 66.3 Å². The molecular formula is C8H14O3. The summed E-state index contributed by atoms with van der Waals surface area (Å²) in [5.41, 5.74) is 0. The van der Waals surface area contributed by atoms with Gasteiger partial charge < -0.3 is 14.6 Å². The van der Waals surface area contributed by atoms with Crippen LogP contribution in [0.15, 0.2) is 0 Å². The van der Waals surface area contributed by atoms with Gasteiger partial charge in [0.25, 0.3) is 0 Å². The Bertz CT molecular complexity index is 140. The standard InChI is InChI=1S/C8H14O3/c9-6-7-1-2-8(5-7)10-3-4-11-8/h7,9H,1-6H2/t7-/m0/s1. The second-order valence-electron chi connectivity index (χ2n) is 3.40. The quantitative estimate of drug-likeness (QED) is 0.604. The number of hydrogen-bond donors (Lipinski definition) is 1. The van der Waals surface area contributed by atoms with E-state index in [-0.39, 0.29) is 12.4 Å². The van der Waals surface area contributed by atoms with Gasteiger partial charge >= 0.3 is 0 Å². The van der Waals surface area contributed by atoms with Crippen LogP contribution in [0.2, 0.25) is 0 Å². The van der Waals surface area contributed by atoms with Crippen LogP contribution in [0.1, 0.15) is 19.3 Å². The molecule has 2 rings (SSSR count). The Kier molecular flexibility index (Phi) is 1.87. The molecule has 0 aromatic heterocycles. The first-order chi connectivity index (χ1) is 5.35. The van der Waals surface area contributed by atoms with E-state index in [9.17, 15) is 0 Å². The van der Waals surface area contributed by atoms with Crippen molar-refractivity contribution < 1.29 is 14.6 Å². The molecule has 3 heteroatoms. The Balaban J connectivity index is 1.96. The molecule has 1 aliphatic heterocycles. The third-order valence-corrected chi connectivity index (χ3v) is 2.60. The minimum atomic E-state index is -0.298. The lowest BCUT2D eigenvalue weighted by Gasteiger charge is -2.20. The van der Waals surface area contributed by atoms with Gasteiger partial charge in [-0.3, -0.25) is 0 Å². The van der Waals surface area contributed by atoms with Gasteiger partial charge in [0.15, 0.2) is 5.79 Å². The molecule has 2 aliphatic rings. The highest BCUT2D eigenvalue weighted by molar-refractivity contribution is 4.85. The molecule has 0 aromatic rings. The van der Waals surface area contributed by atoms with Gasteiger partial charge in [0.1, 0.15) is 0 Å². The van der Waals surface area contributed by atoms with E-state index in [2.05, 4.69) is 0 Å². The Morgan fingerprint density at radius 2 is 2.09 bits per heavy atom. The van der Waals surface area contributed by atoms with Crippen LogP contribution in [0.3, 0.4) is 0 Å². The van der Waals surface area contributed by atoms with Crippen molar-refractivity contribution in [2.24, 2.45) is 5.92 Å². The first-order valence-corrected chi connectivity index (χ1v) is 4.23. The van der Waals surface area contributed by atoms with E-state index in [1.165, 1.54) is 0 Å². The molecule has 1 saturated heterocycles. The van der Waals surface area contributed by atoms with Crippen molar-refractivity contribution in [3.8, 4) is 0 Å². The highest BCUT2D eigenvalue weighted by Crippen LogP contribution is 2.40. The van der Waals surface area contributed by atoms with E-state index < -0.39 is 0 Å². The van der Waals surface area contributed by atoms with Gasteiger partial charge in [-0.05, 0) is 12.3 Å². The zero-order valence-electron chi connectivity index (χ0n) is 6.58. The molecule has 2 fully saturated rings. The molecule has 0 unspecified atom stereocenters. The Morgan fingerprint density at radius 1 is 1.36 bits per heavy atom. The molecule has 1 aliphatic carbocycles. The highest BCUT2D eigenvalue weighted by Gasteiger charge is 2.43. The fourth-order valence-electron chi connectivity index (χ4n) is 1.98. The van der Waals surface area contributed by atoms with Crippen LogP contribution >= 0.6 is 0 Å².